The molecule has 0 spiro atoms. The summed E-state index contributed by atoms with van der Waals surface area (Å²) in [6.07, 6.45) is 1.97. The highest BCUT2D eigenvalue weighted by Gasteiger charge is 2.23. The van der Waals surface area contributed by atoms with Crippen LogP contribution in [0.15, 0.2) is 48.7 Å². The Morgan fingerprint density at radius 1 is 1.22 bits per heavy atom. The van der Waals surface area contributed by atoms with Crippen molar-refractivity contribution < 1.29 is 9.47 Å². The average molecular weight is 382 g/mol. The van der Waals surface area contributed by atoms with Gasteiger partial charge in [0.25, 0.3) is 0 Å². The molecule has 3 heterocycles. The Kier molecular flexibility index (Phi) is 5.48. The van der Waals surface area contributed by atoms with Crippen molar-refractivity contribution in [3.63, 3.8) is 0 Å². The third-order valence-electron chi connectivity index (χ3n) is 4.69. The van der Waals surface area contributed by atoms with Crippen LogP contribution in [-0.4, -0.2) is 41.7 Å². The van der Waals surface area contributed by atoms with E-state index in [2.05, 4.69) is 22.0 Å². The van der Waals surface area contributed by atoms with Crippen molar-refractivity contribution in [3.8, 4) is 17.0 Å². The van der Waals surface area contributed by atoms with Gasteiger partial charge in [0, 0.05) is 36.3 Å². The maximum absolute atomic E-state index is 6.03. The predicted octanol–water partition coefficient (Wildman–Crippen LogP) is 4.10. The van der Waals surface area contributed by atoms with E-state index in [-0.39, 0.29) is 6.10 Å². The predicted molar refractivity (Wildman–Crippen MR) is 107 cm³/mol. The van der Waals surface area contributed by atoms with Crippen LogP contribution in [0.1, 0.15) is 21.7 Å². The molecule has 0 radical (unpaired) electrons. The summed E-state index contributed by atoms with van der Waals surface area (Å²) in [7, 11) is 1.67. The Morgan fingerprint density at radius 3 is 2.81 bits per heavy atom. The summed E-state index contributed by atoms with van der Waals surface area (Å²) in [4.78, 5) is 12.9. The van der Waals surface area contributed by atoms with Crippen molar-refractivity contribution in [2.45, 2.75) is 19.6 Å². The van der Waals surface area contributed by atoms with E-state index in [4.69, 9.17) is 14.5 Å². The van der Waals surface area contributed by atoms with E-state index in [0.717, 1.165) is 53.9 Å². The zero-order chi connectivity index (χ0) is 18.6. The van der Waals surface area contributed by atoms with Crippen LogP contribution in [0.2, 0.25) is 0 Å². The number of morpholine rings is 1. The summed E-state index contributed by atoms with van der Waals surface area (Å²) >= 11 is 1.76. The summed E-state index contributed by atoms with van der Waals surface area (Å²) in [5, 5.41) is 1.11. The second kappa shape index (κ2) is 8.17. The molecule has 0 unspecified atom stereocenters. The van der Waals surface area contributed by atoms with Gasteiger partial charge < -0.3 is 9.47 Å². The monoisotopic (exact) mass is 381 g/mol. The SMILES string of the molecule is COc1ccc(-c2cccc([C@H]3CN(Cc4cnc(C)s4)CCO3)n2)cc1. The smallest absolute Gasteiger partial charge is 0.118 e. The zero-order valence-electron chi connectivity index (χ0n) is 15.6. The molecule has 1 saturated heterocycles. The maximum atomic E-state index is 6.03. The number of hydrogen-bond donors (Lipinski definition) is 0. The Labute approximate surface area is 163 Å². The Balaban J connectivity index is 1.48. The number of thiazole rings is 1. The first-order chi connectivity index (χ1) is 13.2. The normalized spacial score (nSPS) is 17.8. The number of pyridine rings is 1. The van der Waals surface area contributed by atoms with Gasteiger partial charge in [0.2, 0.25) is 0 Å². The highest BCUT2D eigenvalue weighted by molar-refractivity contribution is 7.11. The van der Waals surface area contributed by atoms with E-state index >= 15 is 0 Å². The van der Waals surface area contributed by atoms with Gasteiger partial charge in [-0.15, -0.1) is 11.3 Å². The van der Waals surface area contributed by atoms with Gasteiger partial charge in [-0.1, -0.05) is 6.07 Å². The van der Waals surface area contributed by atoms with Crippen molar-refractivity contribution in [1.29, 1.82) is 0 Å². The summed E-state index contributed by atoms with van der Waals surface area (Å²) < 4.78 is 11.3. The molecule has 1 fully saturated rings. The molecule has 0 aliphatic carbocycles. The van der Waals surface area contributed by atoms with Gasteiger partial charge in [-0.3, -0.25) is 9.88 Å². The average Bonchev–Trinajstić information content (AvgIpc) is 3.13. The van der Waals surface area contributed by atoms with Gasteiger partial charge in [0.15, 0.2) is 0 Å². The van der Waals surface area contributed by atoms with Gasteiger partial charge in [0.1, 0.15) is 11.9 Å². The van der Waals surface area contributed by atoms with E-state index in [0.29, 0.717) is 0 Å². The van der Waals surface area contributed by atoms with Crippen LogP contribution < -0.4 is 4.74 Å². The van der Waals surface area contributed by atoms with Crippen molar-refractivity contribution in [2.75, 3.05) is 26.8 Å². The number of methoxy groups -OCH3 is 1. The molecule has 0 amide bonds. The fourth-order valence-electron chi connectivity index (χ4n) is 3.28. The number of ether oxygens (including phenoxy) is 2. The second-order valence-electron chi connectivity index (χ2n) is 6.62. The number of aryl methyl sites for hydroxylation is 1. The molecule has 0 bridgehead atoms. The molecule has 1 aliphatic rings. The van der Waals surface area contributed by atoms with Crippen molar-refractivity contribution in [2.24, 2.45) is 0 Å². The third-order valence-corrected chi connectivity index (χ3v) is 5.58. The fourth-order valence-corrected chi connectivity index (χ4v) is 4.11. The Hall–Kier alpha value is -2.28. The van der Waals surface area contributed by atoms with Gasteiger partial charge >= 0.3 is 0 Å². The van der Waals surface area contributed by atoms with E-state index in [1.165, 1.54) is 4.88 Å². The largest absolute Gasteiger partial charge is 0.497 e. The minimum atomic E-state index is -0.00836. The molecule has 3 aromatic rings. The quantitative estimate of drug-likeness (QED) is 0.666. The number of rotatable bonds is 5. The van der Waals surface area contributed by atoms with E-state index < -0.39 is 0 Å². The second-order valence-corrected chi connectivity index (χ2v) is 7.94. The standard InChI is InChI=1S/C21H23N3O2S/c1-15-22-12-18(27-15)13-24-10-11-26-21(14-24)20-5-3-4-19(23-20)16-6-8-17(25-2)9-7-16/h3-9,12,21H,10-11,13-14H2,1-2H3/t21-/m1/s1. The maximum Gasteiger partial charge on any atom is 0.118 e. The number of aromatic nitrogens is 2. The van der Waals surface area contributed by atoms with Crippen LogP contribution in [0.3, 0.4) is 0 Å². The molecule has 1 aromatic carbocycles. The molecule has 1 atom stereocenters. The van der Waals surface area contributed by atoms with Gasteiger partial charge in [-0.25, -0.2) is 4.98 Å². The molecule has 0 saturated carbocycles. The van der Waals surface area contributed by atoms with E-state index in [9.17, 15) is 0 Å². The van der Waals surface area contributed by atoms with Crippen LogP contribution in [-0.2, 0) is 11.3 Å². The van der Waals surface area contributed by atoms with Crippen molar-refractivity contribution >= 4 is 11.3 Å². The molecule has 0 N–H and O–H groups in total. The first-order valence-corrected chi connectivity index (χ1v) is 9.89. The molecular formula is C21H23N3O2S. The lowest BCUT2D eigenvalue weighted by molar-refractivity contribution is -0.0346. The summed E-state index contributed by atoms with van der Waals surface area (Å²) in [6, 6.07) is 14.1. The summed E-state index contributed by atoms with van der Waals surface area (Å²) in [5.41, 5.74) is 3.01. The van der Waals surface area contributed by atoms with Crippen LogP contribution >= 0.6 is 11.3 Å². The molecule has 2 aromatic heterocycles. The van der Waals surface area contributed by atoms with Gasteiger partial charge in [-0.2, -0.15) is 0 Å². The van der Waals surface area contributed by atoms with Crippen LogP contribution in [0.5, 0.6) is 5.75 Å². The molecule has 140 valence electrons. The van der Waals surface area contributed by atoms with Crippen LogP contribution in [0.25, 0.3) is 11.3 Å². The highest BCUT2D eigenvalue weighted by Crippen LogP contribution is 2.26. The fraction of sp³-hybridized carbons (Fsp3) is 0.333. The lowest BCUT2D eigenvalue weighted by Gasteiger charge is -2.32. The number of hydrogen-bond acceptors (Lipinski definition) is 6. The third kappa shape index (κ3) is 4.35. The number of nitrogens with zero attached hydrogens (tertiary/aromatic N) is 3. The minimum absolute atomic E-state index is 0.00836. The summed E-state index contributed by atoms with van der Waals surface area (Å²) in [6.45, 7) is 5.47. The summed E-state index contributed by atoms with van der Waals surface area (Å²) in [5.74, 6) is 0.847. The molecule has 4 rings (SSSR count). The van der Waals surface area contributed by atoms with Crippen LogP contribution in [0, 0.1) is 6.92 Å². The van der Waals surface area contributed by atoms with Crippen molar-refractivity contribution in [3.05, 3.63) is 64.2 Å². The van der Waals surface area contributed by atoms with Gasteiger partial charge in [0.05, 0.1) is 30.1 Å². The van der Waals surface area contributed by atoms with Crippen LogP contribution in [0.4, 0.5) is 0 Å². The molecule has 5 nitrogen and oxygen atoms in total. The van der Waals surface area contributed by atoms with Gasteiger partial charge in [-0.05, 0) is 43.3 Å². The Morgan fingerprint density at radius 2 is 2.07 bits per heavy atom. The zero-order valence-corrected chi connectivity index (χ0v) is 16.4. The first-order valence-electron chi connectivity index (χ1n) is 9.08. The van der Waals surface area contributed by atoms with Crippen molar-refractivity contribution in [1.82, 2.24) is 14.9 Å². The first kappa shape index (κ1) is 18.1. The highest BCUT2D eigenvalue weighted by atomic mass is 32.1. The number of benzene rings is 1. The lowest BCUT2D eigenvalue weighted by Crippen LogP contribution is -2.37. The van der Waals surface area contributed by atoms with E-state index in [1.807, 2.05) is 43.5 Å². The molecule has 1 aliphatic heterocycles. The Bertz CT molecular complexity index is 894. The lowest BCUT2D eigenvalue weighted by atomic mass is 10.1. The molecule has 27 heavy (non-hydrogen) atoms. The molecule has 6 heteroatoms. The van der Waals surface area contributed by atoms with E-state index in [1.54, 1.807) is 18.4 Å². The molecular weight excluding hydrogens is 358 g/mol. The minimum Gasteiger partial charge on any atom is -0.497 e. The topological polar surface area (TPSA) is 47.5 Å².